The molecule has 0 radical (unpaired) electrons. The molecule has 1 saturated carbocycles. The van der Waals surface area contributed by atoms with Crippen LogP contribution in [0.15, 0.2) is 16.9 Å². The smallest absolute Gasteiger partial charge is 0.261 e. The van der Waals surface area contributed by atoms with E-state index in [1.54, 1.807) is 4.57 Å². The van der Waals surface area contributed by atoms with Gasteiger partial charge in [0.2, 0.25) is 5.92 Å². The second-order valence-corrected chi connectivity index (χ2v) is 7.49. The molecule has 1 aliphatic heterocycles. The molecular weight excluding hydrogens is 312 g/mol. The maximum absolute atomic E-state index is 13.9. The van der Waals surface area contributed by atoms with Gasteiger partial charge in [-0.2, -0.15) is 0 Å². The molecule has 1 aromatic heterocycles. The van der Waals surface area contributed by atoms with Gasteiger partial charge in [0, 0.05) is 30.8 Å². The van der Waals surface area contributed by atoms with Crippen molar-refractivity contribution >= 4 is 10.9 Å². The molecule has 0 amide bonds. The first-order chi connectivity index (χ1) is 11.2. The van der Waals surface area contributed by atoms with Gasteiger partial charge in [-0.3, -0.25) is 9.36 Å². The zero-order valence-electron chi connectivity index (χ0n) is 13.9. The molecule has 4 nitrogen and oxygen atoms in total. The molecule has 0 bridgehead atoms. The topological polar surface area (TPSA) is 60.9 Å². The van der Waals surface area contributed by atoms with E-state index in [4.69, 9.17) is 10.7 Å². The third-order valence-corrected chi connectivity index (χ3v) is 5.58. The maximum Gasteiger partial charge on any atom is 0.261 e. The summed E-state index contributed by atoms with van der Waals surface area (Å²) in [4.78, 5) is 17.7. The zero-order valence-corrected chi connectivity index (χ0v) is 13.9. The Hall–Kier alpha value is -1.82. The number of halogens is 2. The monoisotopic (exact) mass is 333 g/mol. The Morgan fingerprint density at radius 3 is 2.67 bits per heavy atom. The lowest BCUT2D eigenvalue weighted by Crippen LogP contribution is -2.28. The van der Waals surface area contributed by atoms with Crippen LogP contribution in [0.1, 0.15) is 55.6 Å². The fourth-order valence-corrected chi connectivity index (χ4v) is 4.40. The van der Waals surface area contributed by atoms with Crippen molar-refractivity contribution in [1.82, 2.24) is 9.55 Å². The van der Waals surface area contributed by atoms with E-state index in [9.17, 15) is 13.6 Å². The lowest BCUT2D eigenvalue weighted by atomic mass is 9.84. The van der Waals surface area contributed by atoms with Gasteiger partial charge in [-0.25, -0.2) is 13.8 Å². The predicted octanol–water partition coefficient (Wildman–Crippen LogP) is 3.19. The van der Waals surface area contributed by atoms with E-state index in [1.165, 1.54) is 0 Å². The minimum absolute atomic E-state index is 0.130. The van der Waals surface area contributed by atoms with Gasteiger partial charge in [0.25, 0.3) is 5.56 Å². The molecule has 1 fully saturated rings. The summed E-state index contributed by atoms with van der Waals surface area (Å²) >= 11 is 0. The summed E-state index contributed by atoms with van der Waals surface area (Å²) < 4.78 is 29.4. The van der Waals surface area contributed by atoms with Crippen molar-refractivity contribution in [2.45, 2.75) is 63.5 Å². The third kappa shape index (κ3) is 2.12. The molecule has 0 unspecified atom stereocenters. The Balaban J connectivity index is 2.01. The van der Waals surface area contributed by atoms with Crippen molar-refractivity contribution in [1.29, 1.82) is 0 Å². The largest absolute Gasteiger partial charge is 0.324 e. The van der Waals surface area contributed by atoms with E-state index in [0.29, 0.717) is 36.1 Å². The summed E-state index contributed by atoms with van der Waals surface area (Å²) in [6.07, 6.45) is 0.608. The highest BCUT2D eigenvalue weighted by Crippen LogP contribution is 2.52. The first kappa shape index (κ1) is 15.7. The van der Waals surface area contributed by atoms with Gasteiger partial charge in [-0.15, -0.1) is 0 Å². The molecule has 1 aromatic carbocycles. The summed E-state index contributed by atoms with van der Waals surface area (Å²) in [7, 11) is 0. The Morgan fingerprint density at radius 2 is 2.04 bits per heavy atom. The zero-order chi connectivity index (χ0) is 17.3. The summed E-state index contributed by atoms with van der Waals surface area (Å²) in [5, 5.41) is 0.535. The number of aromatic nitrogens is 2. The second kappa shape index (κ2) is 4.85. The van der Waals surface area contributed by atoms with Crippen LogP contribution in [0, 0.1) is 6.92 Å². The minimum Gasteiger partial charge on any atom is -0.324 e. The normalized spacial score (nSPS) is 26.2. The van der Waals surface area contributed by atoms with Crippen LogP contribution in [-0.4, -0.2) is 15.5 Å². The van der Waals surface area contributed by atoms with Crippen LogP contribution < -0.4 is 11.3 Å². The fraction of sp³-hybridized carbons (Fsp3) is 0.556. The number of fused-ring (bicyclic) bond motifs is 3. The van der Waals surface area contributed by atoms with Gasteiger partial charge in [0.05, 0.1) is 10.9 Å². The standard InChI is InChI=1S/C18H21F2N3O/c1-10-7-12(11(2)21)14-13(8-10)15(24)23-6-5-17(16(23)22-14)3-4-18(19,20)9-17/h7-8,11H,3-6,9,21H2,1-2H3/t11-,17+/m1/s1. The summed E-state index contributed by atoms with van der Waals surface area (Å²) in [6, 6.07) is 3.48. The molecule has 24 heavy (non-hydrogen) atoms. The van der Waals surface area contributed by atoms with Crippen LogP contribution in [0.4, 0.5) is 8.78 Å². The van der Waals surface area contributed by atoms with Gasteiger partial charge < -0.3 is 5.73 Å². The molecule has 1 spiro atoms. The lowest BCUT2D eigenvalue weighted by molar-refractivity contribution is 0.00242. The first-order valence-corrected chi connectivity index (χ1v) is 8.41. The minimum atomic E-state index is -2.67. The van der Waals surface area contributed by atoms with Crippen molar-refractivity contribution in [3.8, 4) is 0 Å². The third-order valence-electron chi connectivity index (χ3n) is 5.58. The van der Waals surface area contributed by atoms with Crippen molar-refractivity contribution < 1.29 is 8.78 Å². The molecule has 2 aromatic rings. The van der Waals surface area contributed by atoms with Crippen LogP contribution in [0.25, 0.3) is 10.9 Å². The van der Waals surface area contributed by atoms with Crippen LogP contribution in [0.3, 0.4) is 0 Å². The van der Waals surface area contributed by atoms with Crippen molar-refractivity contribution in [3.63, 3.8) is 0 Å². The van der Waals surface area contributed by atoms with Gasteiger partial charge in [0.1, 0.15) is 5.82 Å². The molecule has 2 N–H and O–H groups in total. The Morgan fingerprint density at radius 1 is 1.29 bits per heavy atom. The molecule has 128 valence electrons. The number of alkyl halides is 2. The van der Waals surface area contributed by atoms with Gasteiger partial charge >= 0.3 is 0 Å². The van der Waals surface area contributed by atoms with E-state index >= 15 is 0 Å². The van der Waals surface area contributed by atoms with Crippen LogP contribution in [-0.2, 0) is 12.0 Å². The molecule has 1 aliphatic carbocycles. The quantitative estimate of drug-likeness (QED) is 0.872. The highest BCUT2D eigenvalue weighted by atomic mass is 19.3. The van der Waals surface area contributed by atoms with Crippen LogP contribution >= 0.6 is 0 Å². The van der Waals surface area contributed by atoms with Gasteiger partial charge in [-0.1, -0.05) is 6.07 Å². The van der Waals surface area contributed by atoms with E-state index in [-0.39, 0.29) is 24.4 Å². The Labute approximate surface area is 138 Å². The molecule has 2 heterocycles. The number of hydrogen-bond donors (Lipinski definition) is 1. The van der Waals surface area contributed by atoms with Crippen molar-refractivity contribution in [3.05, 3.63) is 39.4 Å². The van der Waals surface area contributed by atoms with E-state index in [0.717, 1.165) is 11.1 Å². The first-order valence-electron chi connectivity index (χ1n) is 8.41. The number of rotatable bonds is 1. The average molecular weight is 333 g/mol. The molecule has 4 rings (SSSR count). The second-order valence-electron chi connectivity index (χ2n) is 7.49. The van der Waals surface area contributed by atoms with Crippen LogP contribution in [0.2, 0.25) is 0 Å². The molecule has 2 atom stereocenters. The lowest BCUT2D eigenvalue weighted by Gasteiger charge is -2.23. The Kier molecular flexibility index (Phi) is 3.17. The molecule has 2 aliphatic rings. The maximum atomic E-state index is 13.9. The van der Waals surface area contributed by atoms with E-state index in [1.807, 2.05) is 26.0 Å². The van der Waals surface area contributed by atoms with E-state index < -0.39 is 11.3 Å². The summed E-state index contributed by atoms with van der Waals surface area (Å²) in [6.45, 7) is 4.23. The van der Waals surface area contributed by atoms with Crippen molar-refractivity contribution in [2.24, 2.45) is 5.73 Å². The number of hydrogen-bond acceptors (Lipinski definition) is 3. The fourth-order valence-electron chi connectivity index (χ4n) is 4.40. The Bertz CT molecular complexity index is 903. The number of nitrogens with two attached hydrogens (primary N) is 1. The average Bonchev–Trinajstić information content (AvgIpc) is 3.00. The van der Waals surface area contributed by atoms with E-state index in [2.05, 4.69) is 0 Å². The molecule has 6 heteroatoms. The predicted molar refractivity (Wildman–Crippen MR) is 88.4 cm³/mol. The van der Waals surface area contributed by atoms with Crippen molar-refractivity contribution in [2.75, 3.05) is 0 Å². The molecular formula is C18H21F2N3O. The number of aryl methyl sites for hydroxylation is 1. The summed E-state index contributed by atoms with van der Waals surface area (Å²) in [5.74, 6) is -2.14. The van der Waals surface area contributed by atoms with Gasteiger partial charge in [0.15, 0.2) is 0 Å². The highest BCUT2D eigenvalue weighted by Gasteiger charge is 2.54. The highest BCUT2D eigenvalue weighted by molar-refractivity contribution is 5.82. The van der Waals surface area contributed by atoms with Crippen LogP contribution in [0.5, 0.6) is 0 Å². The summed E-state index contributed by atoms with van der Waals surface area (Å²) in [5.41, 5.74) is 7.59. The number of benzene rings is 1. The number of nitrogens with zero attached hydrogens (tertiary/aromatic N) is 2. The SMILES string of the molecule is Cc1cc([C@@H](C)N)c2nc3n(c(=O)c2c1)CC[C@]31CCC(F)(F)C1. The van der Waals surface area contributed by atoms with Gasteiger partial charge in [-0.05, 0) is 43.9 Å². The molecule has 0 saturated heterocycles.